The number of rotatable bonds is 9. The monoisotopic (exact) mass is 426 g/mol. The summed E-state index contributed by atoms with van der Waals surface area (Å²) >= 11 is 0. The van der Waals surface area contributed by atoms with E-state index in [-0.39, 0.29) is 17.2 Å². The van der Waals surface area contributed by atoms with Crippen LogP contribution in [0.5, 0.6) is 34.5 Å². The summed E-state index contributed by atoms with van der Waals surface area (Å²) in [4.78, 5) is 18.4. The maximum atomic E-state index is 11.3. The second-order valence-electron chi connectivity index (χ2n) is 5.59. The van der Waals surface area contributed by atoms with Gasteiger partial charge < -0.3 is 28.2 Å². The van der Waals surface area contributed by atoms with Crippen molar-refractivity contribution in [3.05, 3.63) is 35.4 Å². The first-order valence-corrected chi connectivity index (χ1v) is 9.79. The molecule has 0 bridgehead atoms. The van der Waals surface area contributed by atoms with Crippen LogP contribution in [0, 0.1) is 0 Å². The van der Waals surface area contributed by atoms with E-state index in [1.807, 2.05) is 0 Å². The molecule has 0 fully saturated rings. The quantitative estimate of drug-likeness (QED) is 0.460. The third kappa shape index (κ3) is 5.35. The van der Waals surface area contributed by atoms with E-state index in [4.69, 9.17) is 28.2 Å². The number of phosphoric acid groups is 1. The third-order valence-electron chi connectivity index (χ3n) is 3.88. The van der Waals surface area contributed by atoms with Crippen LogP contribution in [0.2, 0.25) is 0 Å². The zero-order valence-corrected chi connectivity index (χ0v) is 17.6. The van der Waals surface area contributed by atoms with E-state index in [1.165, 1.54) is 41.6 Å². The lowest BCUT2D eigenvalue weighted by molar-refractivity contribution is 0.269. The molecular formula is C19H23O9P. The van der Waals surface area contributed by atoms with Crippen LogP contribution in [-0.2, 0) is 4.57 Å². The van der Waals surface area contributed by atoms with Crippen molar-refractivity contribution in [2.75, 3.05) is 35.5 Å². The highest BCUT2D eigenvalue weighted by Gasteiger charge is 2.24. The van der Waals surface area contributed by atoms with Gasteiger partial charge in [0.1, 0.15) is 0 Å². The van der Waals surface area contributed by atoms with Gasteiger partial charge in [0, 0.05) is 5.56 Å². The number of ether oxygens (including phenoxy) is 5. The highest BCUT2D eigenvalue weighted by Crippen LogP contribution is 2.49. The Morgan fingerprint density at radius 1 is 0.724 bits per heavy atom. The molecule has 2 aromatic rings. The van der Waals surface area contributed by atoms with E-state index in [1.54, 1.807) is 30.4 Å². The summed E-state index contributed by atoms with van der Waals surface area (Å²) in [6.45, 7) is 0. The van der Waals surface area contributed by atoms with Crippen molar-refractivity contribution in [3.8, 4) is 34.5 Å². The van der Waals surface area contributed by atoms with Crippen molar-refractivity contribution >= 4 is 20.0 Å². The van der Waals surface area contributed by atoms with Gasteiger partial charge in [-0.25, -0.2) is 4.57 Å². The lowest BCUT2D eigenvalue weighted by atomic mass is 10.1. The zero-order chi connectivity index (χ0) is 21.6. The average molecular weight is 426 g/mol. The Morgan fingerprint density at radius 2 is 1.28 bits per heavy atom. The largest absolute Gasteiger partial charge is 0.525 e. The predicted molar refractivity (Wildman–Crippen MR) is 107 cm³/mol. The van der Waals surface area contributed by atoms with Crippen LogP contribution in [0.1, 0.15) is 11.1 Å². The number of hydrogen-bond acceptors (Lipinski definition) is 7. The predicted octanol–water partition coefficient (Wildman–Crippen LogP) is 3.37. The second-order valence-corrected chi connectivity index (χ2v) is 6.76. The molecule has 0 aromatic heterocycles. The molecule has 0 aliphatic rings. The summed E-state index contributed by atoms with van der Waals surface area (Å²) in [5.41, 5.74) is 1.24. The number of phosphoric ester groups is 1. The standard InChI is InChI=1S/C19H23O9P/c1-23-14-9-8-13(17(26-4)19(14)28-29(20,21)22)7-6-12-10-15(24-2)18(27-5)16(11-12)25-3/h6-11H,1-5H3,(H2,20,21,22)/b7-6-. The highest BCUT2D eigenvalue weighted by molar-refractivity contribution is 7.46. The summed E-state index contributed by atoms with van der Waals surface area (Å²) in [7, 11) is 2.44. The van der Waals surface area contributed by atoms with Crippen molar-refractivity contribution in [1.29, 1.82) is 0 Å². The van der Waals surface area contributed by atoms with Crippen LogP contribution in [0.4, 0.5) is 0 Å². The van der Waals surface area contributed by atoms with Crippen LogP contribution < -0.4 is 28.2 Å². The lowest BCUT2D eigenvalue weighted by Gasteiger charge is -2.16. The molecule has 2 rings (SSSR count). The fraction of sp³-hybridized carbons (Fsp3) is 0.263. The molecule has 2 N–H and O–H groups in total. The maximum Gasteiger partial charge on any atom is 0.525 e. The van der Waals surface area contributed by atoms with Crippen LogP contribution in [0.3, 0.4) is 0 Å². The second kappa shape index (κ2) is 9.56. The minimum absolute atomic E-state index is 0.108. The average Bonchev–Trinajstić information content (AvgIpc) is 2.70. The molecule has 158 valence electrons. The summed E-state index contributed by atoms with van der Waals surface area (Å²) in [5, 5.41) is 0. The van der Waals surface area contributed by atoms with Gasteiger partial charge in [0.25, 0.3) is 0 Å². The van der Waals surface area contributed by atoms with Crippen LogP contribution in [-0.4, -0.2) is 45.3 Å². The van der Waals surface area contributed by atoms with Gasteiger partial charge in [0.2, 0.25) is 11.5 Å². The molecule has 0 saturated carbocycles. The van der Waals surface area contributed by atoms with Gasteiger partial charge >= 0.3 is 7.82 Å². The minimum atomic E-state index is -4.83. The molecular weight excluding hydrogens is 403 g/mol. The lowest BCUT2D eigenvalue weighted by Crippen LogP contribution is -1.99. The Balaban J connectivity index is 2.52. The van der Waals surface area contributed by atoms with Crippen LogP contribution in [0.25, 0.3) is 12.2 Å². The Kier molecular flexibility index (Phi) is 7.39. The minimum Gasteiger partial charge on any atom is -0.493 e. The van der Waals surface area contributed by atoms with Crippen LogP contribution in [0.15, 0.2) is 24.3 Å². The first-order valence-electron chi connectivity index (χ1n) is 8.26. The molecule has 0 unspecified atom stereocenters. The Hall–Kier alpha value is -2.87. The number of methoxy groups -OCH3 is 5. The highest BCUT2D eigenvalue weighted by atomic mass is 31.2. The van der Waals surface area contributed by atoms with Gasteiger partial charge in [-0.05, 0) is 29.8 Å². The van der Waals surface area contributed by atoms with E-state index in [0.29, 0.717) is 22.8 Å². The first kappa shape index (κ1) is 22.4. The van der Waals surface area contributed by atoms with Crippen LogP contribution >= 0.6 is 7.82 Å². The fourth-order valence-corrected chi connectivity index (χ4v) is 3.06. The summed E-state index contributed by atoms with van der Waals surface area (Å²) in [6.07, 6.45) is 3.43. The van der Waals surface area contributed by atoms with E-state index in [9.17, 15) is 14.4 Å². The molecule has 0 aliphatic carbocycles. The summed E-state index contributed by atoms with van der Waals surface area (Å²) < 4.78 is 42.5. The Bertz CT molecular complexity index is 909. The van der Waals surface area contributed by atoms with E-state index >= 15 is 0 Å². The SMILES string of the molecule is COc1cc(/C=C\c2ccc(OC)c(OP(=O)(O)O)c2OC)cc(OC)c1OC. The first-order chi connectivity index (χ1) is 13.8. The molecule has 0 amide bonds. The van der Waals surface area contributed by atoms with Gasteiger partial charge in [-0.1, -0.05) is 12.2 Å². The molecule has 0 saturated heterocycles. The normalized spacial score (nSPS) is 11.3. The van der Waals surface area contributed by atoms with Crippen molar-refractivity contribution in [2.24, 2.45) is 0 Å². The van der Waals surface area contributed by atoms with Crippen molar-refractivity contribution in [3.63, 3.8) is 0 Å². The van der Waals surface area contributed by atoms with Crippen molar-refractivity contribution in [2.45, 2.75) is 0 Å². The van der Waals surface area contributed by atoms with Crippen molar-refractivity contribution in [1.82, 2.24) is 0 Å². The maximum absolute atomic E-state index is 11.3. The van der Waals surface area contributed by atoms with E-state index in [2.05, 4.69) is 0 Å². The Labute approximate surface area is 168 Å². The molecule has 0 atom stereocenters. The van der Waals surface area contributed by atoms with Gasteiger partial charge in [-0.3, -0.25) is 9.79 Å². The van der Waals surface area contributed by atoms with E-state index in [0.717, 1.165) is 5.56 Å². The fourth-order valence-electron chi connectivity index (χ4n) is 2.65. The topological polar surface area (TPSA) is 113 Å². The van der Waals surface area contributed by atoms with E-state index < -0.39 is 7.82 Å². The molecule has 9 nitrogen and oxygen atoms in total. The third-order valence-corrected chi connectivity index (χ3v) is 4.30. The molecule has 29 heavy (non-hydrogen) atoms. The van der Waals surface area contributed by atoms with Gasteiger partial charge in [-0.2, -0.15) is 0 Å². The number of hydrogen-bond donors (Lipinski definition) is 2. The van der Waals surface area contributed by atoms with Gasteiger partial charge in [-0.15, -0.1) is 0 Å². The van der Waals surface area contributed by atoms with Gasteiger partial charge in [0.15, 0.2) is 23.0 Å². The smallest absolute Gasteiger partial charge is 0.493 e. The molecule has 0 aliphatic heterocycles. The number of benzene rings is 2. The summed E-state index contributed by atoms with van der Waals surface area (Å²) in [5.74, 6) is 1.46. The molecule has 2 aromatic carbocycles. The molecule has 0 heterocycles. The van der Waals surface area contributed by atoms with Crippen molar-refractivity contribution < 1.29 is 42.6 Å². The summed E-state index contributed by atoms with van der Waals surface area (Å²) in [6, 6.07) is 6.68. The molecule has 0 spiro atoms. The van der Waals surface area contributed by atoms with Gasteiger partial charge in [0.05, 0.1) is 35.5 Å². The molecule has 10 heteroatoms. The zero-order valence-electron chi connectivity index (χ0n) is 16.7. The Morgan fingerprint density at radius 3 is 1.72 bits per heavy atom. The molecule has 0 radical (unpaired) electrons.